The summed E-state index contributed by atoms with van der Waals surface area (Å²) < 4.78 is 1.66. The summed E-state index contributed by atoms with van der Waals surface area (Å²) in [5.74, 6) is 0. The molecule has 0 aliphatic heterocycles. The number of hydrogen-bond donors (Lipinski definition) is 1. The Hall–Kier alpha value is -2.66. The number of pyridine rings is 1. The number of aryl methyl sites for hydroxylation is 1. The second kappa shape index (κ2) is 7.70. The first-order valence-corrected chi connectivity index (χ1v) is 9.06. The van der Waals surface area contributed by atoms with Crippen LogP contribution in [0.4, 0.5) is 5.69 Å². The minimum Gasteiger partial charge on any atom is -0.378 e. The number of anilines is 1. The molecule has 136 valence electrons. The molecule has 0 aliphatic rings. The van der Waals surface area contributed by atoms with E-state index in [0.29, 0.717) is 0 Å². The molecule has 1 N–H and O–H groups in total. The van der Waals surface area contributed by atoms with Crippen LogP contribution in [0.5, 0.6) is 0 Å². The van der Waals surface area contributed by atoms with Crippen LogP contribution in [-0.4, -0.2) is 30.0 Å². The summed E-state index contributed by atoms with van der Waals surface area (Å²) in [4.78, 5) is 20.6. The van der Waals surface area contributed by atoms with E-state index in [1.54, 1.807) is 10.5 Å². The lowest BCUT2D eigenvalue weighted by atomic mass is 10.2. The smallest absolute Gasteiger partial charge is 0.258 e. The van der Waals surface area contributed by atoms with Gasteiger partial charge in [0.05, 0.1) is 6.54 Å². The van der Waals surface area contributed by atoms with Gasteiger partial charge in [-0.3, -0.25) is 9.20 Å². The molecule has 2 heterocycles. The van der Waals surface area contributed by atoms with Gasteiger partial charge in [0.15, 0.2) is 0 Å². The summed E-state index contributed by atoms with van der Waals surface area (Å²) in [6.45, 7) is 6.73. The normalized spacial score (nSPS) is 12.3. The summed E-state index contributed by atoms with van der Waals surface area (Å²) in [6.07, 6.45) is 0. The van der Waals surface area contributed by atoms with Crippen molar-refractivity contribution in [1.82, 2.24) is 9.38 Å². The van der Waals surface area contributed by atoms with Crippen LogP contribution >= 0.6 is 0 Å². The molecule has 0 saturated carbocycles. The topological polar surface area (TPSA) is 42.0 Å². The molecule has 0 fully saturated rings. The van der Waals surface area contributed by atoms with E-state index in [4.69, 9.17) is 4.98 Å². The number of nitrogens with zero attached hydrogens (tertiary/aromatic N) is 3. The maximum Gasteiger partial charge on any atom is 0.258 e. The minimum atomic E-state index is -0.00566. The highest BCUT2D eigenvalue weighted by molar-refractivity contribution is 5.45. The SMILES string of the molecule is CC[NH+](Cc1ccc(N(C)C)cc1)Cc1cc(=O)n2c(C)cccc2n1. The van der Waals surface area contributed by atoms with E-state index in [1.807, 2.05) is 39.2 Å². The molecule has 0 bridgehead atoms. The highest BCUT2D eigenvalue weighted by Gasteiger charge is 2.12. The van der Waals surface area contributed by atoms with Gasteiger partial charge in [-0.05, 0) is 38.1 Å². The van der Waals surface area contributed by atoms with Crippen LogP contribution in [0.2, 0.25) is 0 Å². The summed E-state index contributed by atoms with van der Waals surface area (Å²) in [5.41, 5.74) is 4.97. The van der Waals surface area contributed by atoms with Crippen molar-refractivity contribution in [3.63, 3.8) is 0 Å². The van der Waals surface area contributed by atoms with Gasteiger partial charge < -0.3 is 9.80 Å². The number of aromatic nitrogens is 2. The number of hydrogen-bond acceptors (Lipinski definition) is 3. The molecule has 0 aliphatic carbocycles. The van der Waals surface area contributed by atoms with Gasteiger partial charge in [-0.15, -0.1) is 0 Å². The van der Waals surface area contributed by atoms with E-state index in [9.17, 15) is 4.79 Å². The highest BCUT2D eigenvalue weighted by atomic mass is 16.1. The number of nitrogens with one attached hydrogen (secondary N) is 1. The fraction of sp³-hybridized carbons (Fsp3) is 0.333. The third-order valence-electron chi connectivity index (χ3n) is 4.77. The Kier molecular flexibility index (Phi) is 5.38. The summed E-state index contributed by atoms with van der Waals surface area (Å²) in [5, 5.41) is 0. The Morgan fingerprint density at radius 1 is 1.08 bits per heavy atom. The molecule has 26 heavy (non-hydrogen) atoms. The monoisotopic (exact) mass is 351 g/mol. The molecule has 0 spiro atoms. The maximum absolute atomic E-state index is 12.5. The molecule has 3 aromatic rings. The van der Waals surface area contributed by atoms with Crippen LogP contribution in [0.25, 0.3) is 5.65 Å². The van der Waals surface area contributed by atoms with E-state index in [2.05, 4.69) is 36.1 Å². The lowest BCUT2D eigenvalue weighted by molar-refractivity contribution is -0.926. The second-order valence-corrected chi connectivity index (χ2v) is 6.96. The van der Waals surface area contributed by atoms with E-state index >= 15 is 0 Å². The molecular weight excluding hydrogens is 324 g/mol. The molecule has 0 saturated heterocycles. The fourth-order valence-electron chi connectivity index (χ4n) is 3.22. The van der Waals surface area contributed by atoms with Crippen molar-refractivity contribution < 1.29 is 4.90 Å². The van der Waals surface area contributed by atoms with Gasteiger partial charge in [0, 0.05) is 37.1 Å². The summed E-state index contributed by atoms with van der Waals surface area (Å²) in [7, 11) is 4.09. The average molecular weight is 351 g/mol. The molecule has 0 amide bonds. The van der Waals surface area contributed by atoms with Crippen molar-refractivity contribution >= 4 is 11.3 Å². The van der Waals surface area contributed by atoms with Gasteiger partial charge in [0.1, 0.15) is 24.4 Å². The Morgan fingerprint density at radius 2 is 1.81 bits per heavy atom. The second-order valence-electron chi connectivity index (χ2n) is 6.96. The van der Waals surface area contributed by atoms with Crippen molar-refractivity contribution in [3.05, 3.63) is 75.8 Å². The van der Waals surface area contributed by atoms with Gasteiger partial charge >= 0.3 is 0 Å². The van der Waals surface area contributed by atoms with Crippen molar-refractivity contribution in [2.45, 2.75) is 26.9 Å². The first-order chi connectivity index (χ1) is 12.5. The Balaban J connectivity index is 1.80. The van der Waals surface area contributed by atoms with Gasteiger partial charge in [0.2, 0.25) is 0 Å². The standard InChI is InChI=1S/C21H26N4O/c1-5-24(14-17-9-11-19(12-10-17)23(3)4)15-18-13-21(26)25-16(2)7-6-8-20(25)22-18/h6-13H,5,14-15H2,1-4H3/p+1. The maximum atomic E-state index is 12.5. The Morgan fingerprint density at radius 3 is 2.46 bits per heavy atom. The summed E-state index contributed by atoms with van der Waals surface area (Å²) >= 11 is 0. The number of rotatable bonds is 6. The van der Waals surface area contributed by atoms with Crippen molar-refractivity contribution in [3.8, 4) is 0 Å². The Labute approximate surface area is 154 Å². The molecule has 2 aromatic heterocycles. The van der Waals surface area contributed by atoms with Crippen LogP contribution in [0.15, 0.2) is 53.3 Å². The van der Waals surface area contributed by atoms with Crippen LogP contribution < -0.4 is 15.4 Å². The van der Waals surface area contributed by atoms with Crippen molar-refractivity contribution in [2.24, 2.45) is 0 Å². The number of benzene rings is 1. The molecule has 3 rings (SSSR count). The largest absolute Gasteiger partial charge is 0.378 e. The quantitative estimate of drug-likeness (QED) is 0.735. The molecule has 1 aromatic carbocycles. The third kappa shape index (κ3) is 3.94. The van der Waals surface area contributed by atoms with E-state index < -0.39 is 0 Å². The number of quaternary nitrogens is 1. The Bertz CT molecular complexity index is 944. The van der Waals surface area contributed by atoms with E-state index in [-0.39, 0.29) is 5.56 Å². The minimum absolute atomic E-state index is 0.00566. The zero-order valence-electron chi connectivity index (χ0n) is 16.0. The zero-order valence-corrected chi connectivity index (χ0v) is 16.0. The van der Waals surface area contributed by atoms with Crippen LogP contribution in [0.3, 0.4) is 0 Å². The molecule has 0 radical (unpaired) electrons. The predicted octanol–water partition coefficient (Wildman–Crippen LogP) is 1.67. The third-order valence-corrected chi connectivity index (χ3v) is 4.77. The average Bonchev–Trinajstić information content (AvgIpc) is 2.61. The molecule has 5 heteroatoms. The van der Waals surface area contributed by atoms with Gasteiger partial charge in [0.25, 0.3) is 5.56 Å². The highest BCUT2D eigenvalue weighted by Crippen LogP contribution is 2.11. The van der Waals surface area contributed by atoms with Crippen LogP contribution in [-0.2, 0) is 13.1 Å². The molecule has 1 atom stereocenters. The van der Waals surface area contributed by atoms with Gasteiger partial charge in [-0.2, -0.15) is 0 Å². The van der Waals surface area contributed by atoms with E-state index in [0.717, 1.165) is 36.7 Å². The predicted molar refractivity (Wildman–Crippen MR) is 106 cm³/mol. The lowest BCUT2D eigenvalue weighted by Gasteiger charge is -2.18. The van der Waals surface area contributed by atoms with Crippen LogP contribution in [0.1, 0.15) is 23.9 Å². The molecule has 1 unspecified atom stereocenters. The zero-order chi connectivity index (χ0) is 18.7. The van der Waals surface area contributed by atoms with Crippen molar-refractivity contribution in [1.29, 1.82) is 0 Å². The van der Waals surface area contributed by atoms with Gasteiger partial charge in [-0.1, -0.05) is 18.2 Å². The fourth-order valence-corrected chi connectivity index (χ4v) is 3.22. The first kappa shape index (κ1) is 18.1. The number of fused-ring (bicyclic) bond motifs is 1. The van der Waals surface area contributed by atoms with E-state index in [1.165, 1.54) is 16.2 Å². The summed E-state index contributed by atoms with van der Waals surface area (Å²) in [6, 6.07) is 16.1. The van der Waals surface area contributed by atoms with Gasteiger partial charge in [-0.25, -0.2) is 4.98 Å². The van der Waals surface area contributed by atoms with Crippen molar-refractivity contribution in [2.75, 3.05) is 25.5 Å². The lowest BCUT2D eigenvalue weighted by Crippen LogP contribution is -3.09. The van der Waals surface area contributed by atoms with Crippen LogP contribution in [0, 0.1) is 6.92 Å². The molecular formula is C21H27N4O+. The first-order valence-electron chi connectivity index (χ1n) is 9.06. The molecule has 5 nitrogen and oxygen atoms in total.